The van der Waals surface area contributed by atoms with E-state index in [0.717, 1.165) is 0 Å². The van der Waals surface area contributed by atoms with Crippen LogP contribution in [0.2, 0.25) is 0 Å². The normalized spacial score (nSPS) is 13.8. The Bertz CT molecular complexity index is 194. The molecule has 0 bridgehead atoms. The summed E-state index contributed by atoms with van der Waals surface area (Å²) in [6.07, 6.45) is 0. The molecular formula is C8H16N2O2. The van der Waals surface area contributed by atoms with Crippen LogP contribution in [0.1, 0.15) is 27.7 Å². The lowest BCUT2D eigenvalue weighted by molar-refractivity contribution is -0.131. The van der Waals surface area contributed by atoms with E-state index >= 15 is 0 Å². The van der Waals surface area contributed by atoms with E-state index in [1.807, 2.05) is 20.8 Å². The molecule has 0 spiro atoms. The Hall–Kier alpha value is -0.900. The zero-order valence-electron chi connectivity index (χ0n) is 7.97. The summed E-state index contributed by atoms with van der Waals surface area (Å²) in [5.74, 6) is -0.797. The molecule has 0 fully saturated rings. The molecular weight excluding hydrogens is 156 g/mol. The van der Waals surface area contributed by atoms with E-state index in [4.69, 9.17) is 5.73 Å². The van der Waals surface area contributed by atoms with E-state index in [9.17, 15) is 9.59 Å². The van der Waals surface area contributed by atoms with Gasteiger partial charge in [-0.15, -0.1) is 0 Å². The van der Waals surface area contributed by atoms with Gasteiger partial charge in [0.1, 0.15) is 0 Å². The summed E-state index contributed by atoms with van der Waals surface area (Å²) in [5, 5.41) is 2.15. The minimum Gasteiger partial charge on any atom is -0.319 e. The van der Waals surface area contributed by atoms with E-state index < -0.39 is 11.9 Å². The minimum absolute atomic E-state index is 0.320. The summed E-state index contributed by atoms with van der Waals surface area (Å²) in [4.78, 5) is 21.6. The number of amides is 2. The van der Waals surface area contributed by atoms with Gasteiger partial charge < -0.3 is 5.73 Å². The zero-order valence-corrected chi connectivity index (χ0v) is 7.97. The lowest BCUT2D eigenvalue weighted by Crippen LogP contribution is -2.49. The maximum absolute atomic E-state index is 11.1. The minimum atomic E-state index is -0.651. The van der Waals surface area contributed by atoms with Crippen molar-refractivity contribution in [2.24, 2.45) is 11.1 Å². The maximum Gasteiger partial charge on any atom is 0.243 e. The van der Waals surface area contributed by atoms with Crippen molar-refractivity contribution in [1.82, 2.24) is 5.32 Å². The fraction of sp³-hybridized carbons (Fsp3) is 0.750. The highest BCUT2D eigenvalue weighted by molar-refractivity contribution is 5.96. The topological polar surface area (TPSA) is 72.2 Å². The number of nitrogens with two attached hydrogens (primary N) is 1. The third kappa shape index (κ3) is 3.48. The smallest absolute Gasteiger partial charge is 0.243 e. The van der Waals surface area contributed by atoms with Crippen molar-refractivity contribution in [3.8, 4) is 0 Å². The van der Waals surface area contributed by atoms with Crippen molar-refractivity contribution in [2.75, 3.05) is 0 Å². The molecule has 2 amide bonds. The van der Waals surface area contributed by atoms with Gasteiger partial charge in [-0.3, -0.25) is 14.9 Å². The van der Waals surface area contributed by atoms with Crippen LogP contribution < -0.4 is 11.1 Å². The molecule has 0 heterocycles. The molecule has 0 aromatic carbocycles. The predicted octanol–water partition coefficient (Wildman–Crippen LogP) is 0.0225. The van der Waals surface area contributed by atoms with Crippen molar-refractivity contribution in [3.63, 3.8) is 0 Å². The largest absolute Gasteiger partial charge is 0.319 e. The van der Waals surface area contributed by atoms with Gasteiger partial charge in [0.25, 0.3) is 0 Å². The number of rotatable bonds is 1. The Morgan fingerprint density at radius 1 is 1.33 bits per heavy atom. The molecule has 0 saturated heterocycles. The third-order valence-electron chi connectivity index (χ3n) is 1.51. The molecule has 0 aliphatic rings. The van der Waals surface area contributed by atoms with Gasteiger partial charge in [-0.1, -0.05) is 20.8 Å². The van der Waals surface area contributed by atoms with Crippen molar-refractivity contribution >= 4 is 11.8 Å². The van der Waals surface area contributed by atoms with Gasteiger partial charge in [-0.05, 0) is 5.41 Å². The summed E-state index contributed by atoms with van der Waals surface area (Å²) in [7, 11) is 0. The Balaban J connectivity index is 4.21. The van der Waals surface area contributed by atoms with Crippen LogP contribution in [0, 0.1) is 5.41 Å². The van der Waals surface area contributed by atoms with E-state index in [-0.39, 0.29) is 11.3 Å². The highest BCUT2D eigenvalue weighted by Crippen LogP contribution is 2.16. The van der Waals surface area contributed by atoms with Crippen LogP contribution >= 0.6 is 0 Å². The van der Waals surface area contributed by atoms with Crippen LogP contribution in [0.3, 0.4) is 0 Å². The monoisotopic (exact) mass is 172 g/mol. The molecule has 4 nitrogen and oxygen atoms in total. The lowest BCUT2D eigenvalue weighted by atomic mass is 9.87. The molecule has 70 valence electrons. The molecule has 0 rings (SSSR count). The second-order valence-electron chi connectivity index (χ2n) is 3.89. The number of carbonyl (C=O) groups excluding carboxylic acids is 2. The summed E-state index contributed by atoms with van der Waals surface area (Å²) in [6, 6.07) is -0.651. The van der Waals surface area contributed by atoms with Gasteiger partial charge in [0.15, 0.2) is 0 Å². The fourth-order valence-corrected chi connectivity index (χ4v) is 0.645. The molecule has 0 aromatic rings. The summed E-state index contributed by atoms with van der Waals surface area (Å²) in [5.41, 5.74) is 5.26. The molecule has 0 aliphatic carbocycles. The number of carbonyl (C=O) groups is 2. The first-order chi connectivity index (χ1) is 5.25. The molecule has 1 atom stereocenters. The molecule has 1 unspecified atom stereocenters. The highest BCUT2D eigenvalue weighted by atomic mass is 16.2. The molecule has 0 aliphatic heterocycles. The predicted molar refractivity (Wildman–Crippen MR) is 46.3 cm³/mol. The Morgan fingerprint density at radius 3 is 2.00 bits per heavy atom. The second-order valence-corrected chi connectivity index (χ2v) is 3.89. The van der Waals surface area contributed by atoms with Crippen LogP contribution in [-0.4, -0.2) is 17.9 Å². The van der Waals surface area contributed by atoms with Gasteiger partial charge in [-0.2, -0.15) is 0 Å². The first-order valence-corrected chi connectivity index (χ1v) is 3.82. The van der Waals surface area contributed by atoms with Crippen LogP contribution in [0.4, 0.5) is 0 Å². The van der Waals surface area contributed by atoms with Crippen molar-refractivity contribution < 1.29 is 9.59 Å². The van der Waals surface area contributed by atoms with Gasteiger partial charge >= 0.3 is 0 Å². The molecule has 4 heteroatoms. The Kier molecular flexibility index (Phi) is 3.39. The second kappa shape index (κ2) is 3.67. The van der Waals surface area contributed by atoms with E-state index in [1.54, 1.807) is 0 Å². The fourth-order valence-electron chi connectivity index (χ4n) is 0.645. The summed E-state index contributed by atoms with van der Waals surface area (Å²) < 4.78 is 0. The van der Waals surface area contributed by atoms with Crippen LogP contribution in [-0.2, 0) is 9.59 Å². The van der Waals surface area contributed by atoms with E-state index in [1.165, 1.54) is 6.92 Å². The average molecular weight is 172 g/mol. The summed E-state index contributed by atoms with van der Waals surface area (Å²) in [6.45, 7) is 6.82. The lowest BCUT2D eigenvalue weighted by Gasteiger charge is -2.25. The first kappa shape index (κ1) is 11.1. The molecule has 0 aromatic heterocycles. The van der Waals surface area contributed by atoms with E-state index in [2.05, 4.69) is 5.32 Å². The molecule has 3 N–H and O–H groups in total. The van der Waals surface area contributed by atoms with Crippen LogP contribution in [0.5, 0.6) is 0 Å². The van der Waals surface area contributed by atoms with Gasteiger partial charge in [-0.25, -0.2) is 0 Å². The number of nitrogens with one attached hydrogen (secondary N) is 1. The number of hydrogen-bond donors (Lipinski definition) is 2. The van der Waals surface area contributed by atoms with Crippen molar-refractivity contribution in [1.29, 1.82) is 0 Å². The van der Waals surface area contributed by atoms with Crippen LogP contribution in [0.15, 0.2) is 0 Å². The highest BCUT2D eigenvalue weighted by Gasteiger charge is 2.27. The number of hydrogen-bond acceptors (Lipinski definition) is 3. The Labute approximate surface area is 72.5 Å². The average Bonchev–Trinajstić information content (AvgIpc) is 1.82. The van der Waals surface area contributed by atoms with Crippen molar-refractivity contribution in [3.05, 3.63) is 0 Å². The summed E-state index contributed by atoms with van der Waals surface area (Å²) >= 11 is 0. The third-order valence-corrected chi connectivity index (χ3v) is 1.51. The van der Waals surface area contributed by atoms with Crippen molar-refractivity contribution in [2.45, 2.75) is 33.7 Å². The van der Waals surface area contributed by atoms with Gasteiger partial charge in [0.2, 0.25) is 11.8 Å². The van der Waals surface area contributed by atoms with Gasteiger partial charge in [0, 0.05) is 6.92 Å². The van der Waals surface area contributed by atoms with E-state index in [0.29, 0.717) is 0 Å². The molecule has 12 heavy (non-hydrogen) atoms. The zero-order chi connectivity index (χ0) is 9.94. The molecule has 0 radical (unpaired) electrons. The standard InChI is InChI=1S/C8H16N2O2/c1-5(11)10-7(12)6(9)8(2,3)4/h6H,9H2,1-4H3,(H,10,11,12). The Morgan fingerprint density at radius 2 is 1.75 bits per heavy atom. The molecule has 0 saturated carbocycles. The SMILES string of the molecule is CC(=O)NC(=O)C(N)C(C)(C)C. The quantitative estimate of drug-likeness (QED) is 0.585. The first-order valence-electron chi connectivity index (χ1n) is 3.82. The van der Waals surface area contributed by atoms with Gasteiger partial charge in [0.05, 0.1) is 6.04 Å². The van der Waals surface area contributed by atoms with Crippen LogP contribution in [0.25, 0.3) is 0 Å². The maximum atomic E-state index is 11.1. The number of imide groups is 1.